The number of amides is 1. The number of carbonyl (C=O) groups is 2. The number of fused-ring (bicyclic) bond motifs is 13. The number of Topliss-reactive ketones (excluding diaryl/α,β-unsaturated/α-hetero) is 1. The van der Waals surface area contributed by atoms with Gasteiger partial charge in [-0.15, -0.1) is 0 Å². The number of aliphatic imine (C=N–C) groups is 1. The van der Waals surface area contributed by atoms with Gasteiger partial charge in [-0.1, -0.05) is 51.1 Å². The molecule has 0 aromatic heterocycles. The molecule has 5 rings (SSSR count). The number of ketones is 1. The Morgan fingerprint density at radius 3 is 2.25 bits per heavy atom. The smallest absolute Gasteiger partial charge is 0.295 e. The molecule has 1 aromatic rings. The number of aliphatic hydroxyl groups excluding tert-OH is 2. The van der Waals surface area contributed by atoms with E-state index in [1.807, 2.05) is 20.8 Å². The van der Waals surface area contributed by atoms with Crippen molar-refractivity contribution in [1.29, 1.82) is 0 Å². The largest absolute Gasteiger partial charge is 0.507 e. The Morgan fingerprint density at radius 1 is 0.962 bits per heavy atom. The van der Waals surface area contributed by atoms with Crippen LogP contribution in [0.3, 0.4) is 0 Å². The monoisotopic (exact) mass is 723 g/mol. The van der Waals surface area contributed by atoms with E-state index in [0.717, 1.165) is 0 Å². The summed E-state index contributed by atoms with van der Waals surface area (Å²) in [6, 6.07) is 0. The molecular weight excluding hydrogens is 670 g/mol. The number of methoxy groups -OCH3 is 2. The van der Waals surface area contributed by atoms with Crippen LogP contribution in [0.5, 0.6) is 11.5 Å². The quantitative estimate of drug-likeness (QED) is 0.314. The third-order valence-corrected chi connectivity index (χ3v) is 10.5. The molecule has 1 amide bonds. The highest BCUT2D eigenvalue weighted by Crippen LogP contribution is 2.50. The van der Waals surface area contributed by atoms with E-state index in [2.05, 4.69) is 10.1 Å². The number of oxime groups is 1. The first-order chi connectivity index (χ1) is 24.5. The average molecular weight is 724 g/mol. The summed E-state index contributed by atoms with van der Waals surface area (Å²) in [4.78, 5) is 37.1. The van der Waals surface area contributed by atoms with Crippen LogP contribution < -0.4 is 10.5 Å². The molecule has 5 N–H and O–H groups in total. The van der Waals surface area contributed by atoms with E-state index in [1.165, 1.54) is 12.3 Å². The molecule has 3 aliphatic heterocycles. The molecule has 13 nitrogen and oxygen atoms in total. The minimum atomic E-state index is -1.63. The molecular formula is C39H53N3O10. The maximum absolute atomic E-state index is 14.1. The van der Waals surface area contributed by atoms with Crippen molar-refractivity contribution >= 4 is 28.8 Å². The molecule has 0 fully saturated rings. The number of aliphatic hydroxyl groups is 2. The molecule has 0 unspecified atom stereocenters. The second-order valence-corrected chi connectivity index (χ2v) is 14.0. The number of aromatic hydroxyl groups is 1. The molecule has 9 atom stereocenters. The van der Waals surface area contributed by atoms with Crippen LogP contribution in [0.1, 0.15) is 82.4 Å². The number of nitrogens with two attached hydrogens (primary N) is 1. The van der Waals surface area contributed by atoms with Gasteiger partial charge in [0.15, 0.2) is 5.71 Å². The van der Waals surface area contributed by atoms with Crippen LogP contribution in [0, 0.1) is 30.6 Å². The first-order valence-corrected chi connectivity index (χ1v) is 17.5. The summed E-state index contributed by atoms with van der Waals surface area (Å²) in [6.45, 7) is 15.7. The Bertz CT molecular complexity index is 1760. The number of benzene rings is 1. The Morgan fingerprint density at radius 2 is 1.63 bits per heavy atom. The lowest BCUT2D eigenvalue weighted by Gasteiger charge is -2.37. The topological polar surface area (TPSA) is 192 Å². The first-order valence-electron chi connectivity index (χ1n) is 17.5. The second kappa shape index (κ2) is 16.2. The molecule has 1 aliphatic carbocycles. The predicted molar refractivity (Wildman–Crippen MR) is 197 cm³/mol. The van der Waals surface area contributed by atoms with E-state index in [-0.39, 0.29) is 69.0 Å². The lowest BCUT2D eigenvalue weighted by atomic mass is 9.78. The fourth-order valence-corrected chi connectivity index (χ4v) is 7.14. The number of nitrogens with zero attached hydrogens (tertiary/aromatic N) is 2. The van der Waals surface area contributed by atoms with Crippen LogP contribution in [-0.4, -0.2) is 89.5 Å². The Labute approximate surface area is 305 Å². The van der Waals surface area contributed by atoms with Gasteiger partial charge in [-0.2, -0.15) is 0 Å². The van der Waals surface area contributed by atoms with E-state index in [4.69, 9.17) is 29.5 Å². The highest BCUT2D eigenvalue weighted by molar-refractivity contribution is 6.56. The molecule has 52 heavy (non-hydrogen) atoms. The average Bonchev–Trinajstić information content (AvgIpc) is 3.41. The van der Waals surface area contributed by atoms with Crippen molar-refractivity contribution in [2.45, 2.75) is 92.5 Å². The van der Waals surface area contributed by atoms with E-state index in [9.17, 15) is 24.9 Å². The fourth-order valence-electron chi connectivity index (χ4n) is 7.14. The molecule has 13 heteroatoms. The van der Waals surface area contributed by atoms with Crippen molar-refractivity contribution in [3.05, 3.63) is 64.0 Å². The van der Waals surface area contributed by atoms with Crippen LogP contribution in [0.4, 0.5) is 0 Å². The van der Waals surface area contributed by atoms with Crippen LogP contribution in [-0.2, 0) is 23.8 Å². The maximum Gasteiger partial charge on any atom is 0.295 e. The second-order valence-electron chi connectivity index (χ2n) is 14.0. The van der Waals surface area contributed by atoms with Gasteiger partial charge in [0, 0.05) is 72.8 Å². The zero-order valence-corrected chi connectivity index (χ0v) is 31.9. The van der Waals surface area contributed by atoms with E-state index >= 15 is 0 Å². The zero-order chi connectivity index (χ0) is 38.8. The number of hydrogen-bond donors (Lipinski definition) is 4. The number of carbonyl (C=O) groups excluding carboxylic acids is 2. The van der Waals surface area contributed by atoms with E-state index in [0.29, 0.717) is 5.56 Å². The molecule has 284 valence electrons. The molecule has 5 bridgehead atoms. The summed E-state index contributed by atoms with van der Waals surface area (Å²) in [5, 5.41) is 38.5. The van der Waals surface area contributed by atoms with Gasteiger partial charge in [0.2, 0.25) is 5.78 Å². The fraction of sp³-hybridized carbons (Fsp3) is 0.538. The summed E-state index contributed by atoms with van der Waals surface area (Å²) in [7, 11) is 3.11. The lowest BCUT2D eigenvalue weighted by Crippen LogP contribution is -2.45. The Kier molecular flexibility index (Phi) is 12.6. The van der Waals surface area contributed by atoms with Gasteiger partial charge in [0.25, 0.3) is 11.7 Å². The molecule has 0 saturated heterocycles. The van der Waals surface area contributed by atoms with Gasteiger partial charge in [0.1, 0.15) is 23.8 Å². The minimum absolute atomic E-state index is 0.0865. The van der Waals surface area contributed by atoms with Gasteiger partial charge in [-0.3, -0.25) is 9.59 Å². The molecule has 0 spiro atoms. The molecule has 0 radical (unpaired) electrons. The van der Waals surface area contributed by atoms with Gasteiger partial charge < -0.3 is 44.8 Å². The van der Waals surface area contributed by atoms with Gasteiger partial charge in [0.05, 0.1) is 41.8 Å². The SMILES string of the molecule is CCO/N=C1/c2c3c(C)c(O)c4c2C(N)=C(C)C(=NC(=O)/C(C)=C\C=C\[C@H](C)[C@H](O)[C@@H](C)[C@@H](O)[C@@H](C)[C@H](OC)[C@H](C)[C@@H](OC)/C=C/O[C@@]1(C)O3)C4=O. The summed E-state index contributed by atoms with van der Waals surface area (Å²) in [6.07, 6.45) is 5.06. The summed E-state index contributed by atoms with van der Waals surface area (Å²) < 4.78 is 24.4. The van der Waals surface area contributed by atoms with Gasteiger partial charge in [-0.25, -0.2) is 4.99 Å². The molecule has 4 aliphatic rings. The summed E-state index contributed by atoms with van der Waals surface area (Å²) >= 11 is 0. The zero-order valence-electron chi connectivity index (χ0n) is 31.9. The first kappa shape index (κ1) is 40.5. The summed E-state index contributed by atoms with van der Waals surface area (Å²) in [5.74, 6) is -4.88. The Hall–Kier alpha value is -4.30. The molecule has 1 aromatic carbocycles. The third-order valence-electron chi connectivity index (χ3n) is 10.5. The van der Waals surface area contributed by atoms with Gasteiger partial charge in [-0.05, 0) is 33.8 Å². The Balaban J connectivity index is 1.95. The van der Waals surface area contributed by atoms with Crippen molar-refractivity contribution in [2.24, 2.45) is 39.6 Å². The van der Waals surface area contributed by atoms with Crippen molar-refractivity contribution in [3.8, 4) is 11.5 Å². The molecule has 0 saturated carbocycles. The van der Waals surface area contributed by atoms with Crippen molar-refractivity contribution in [2.75, 3.05) is 20.8 Å². The number of phenolic OH excluding ortho intramolecular Hbond substituents is 1. The van der Waals surface area contributed by atoms with Crippen LogP contribution in [0.15, 0.2) is 51.9 Å². The number of phenols is 1. The normalized spacial score (nSPS) is 34.7. The summed E-state index contributed by atoms with van der Waals surface area (Å²) in [5.41, 5.74) is 7.71. The van der Waals surface area contributed by atoms with Crippen molar-refractivity contribution in [3.63, 3.8) is 0 Å². The van der Waals surface area contributed by atoms with Crippen LogP contribution in [0.2, 0.25) is 0 Å². The third kappa shape index (κ3) is 7.32. The van der Waals surface area contributed by atoms with Gasteiger partial charge >= 0.3 is 0 Å². The van der Waals surface area contributed by atoms with E-state index < -0.39 is 59.6 Å². The van der Waals surface area contributed by atoms with E-state index in [1.54, 1.807) is 74.0 Å². The van der Waals surface area contributed by atoms with Crippen LogP contribution >= 0.6 is 0 Å². The lowest BCUT2D eigenvalue weighted by molar-refractivity contribution is -0.114. The highest BCUT2D eigenvalue weighted by Gasteiger charge is 2.50. The minimum Gasteiger partial charge on any atom is -0.507 e. The highest BCUT2D eigenvalue weighted by atomic mass is 16.7. The number of allylic oxidation sites excluding steroid dienone is 3. The number of hydrogen-bond acceptors (Lipinski definition) is 12. The molecule has 3 heterocycles. The van der Waals surface area contributed by atoms with Crippen LogP contribution in [0.25, 0.3) is 5.70 Å². The predicted octanol–water partition coefficient (Wildman–Crippen LogP) is 4.75. The maximum atomic E-state index is 14.1. The number of rotatable bonds is 4. The number of ether oxygens (including phenoxy) is 4. The van der Waals surface area contributed by atoms with Crippen molar-refractivity contribution in [1.82, 2.24) is 0 Å². The van der Waals surface area contributed by atoms with Crippen molar-refractivity contribution < 1.29 is 48.7 Å². The standard InChI is InChI=1S/C39H53N3O10/c1-12-51-42-37-28-26-27-33(45)24(8)36(28)52-39(37,9)50-17-16-25(48-10)20(4)35(49-11)23(7)32(44)22(6)31(43)18(2)14-13-15-19(3)38(47)41-30(34(27)46)21(5)29(26)40/h13-18,20,22-23,25,31-32,35,43-45H,12,40H2,1-11H3/b14-13+,17-16+,19-15-,41-30?,42-37-/t18-,20+,22+,23+,25-,31-,32+,35+,39-/m0/s1.